The van der Waals surface area contributed by atoms with Gasteiger partial charge in [0.2, 0.25) is 0 Å². The van der Waals surface area contributed by atoms with E-state index >= 15 is 0 Å². The van der Waals surface area contributed by atoms with Crippen LogP contribution in [0.25, 0.3) is 5.76 Å². The van der Waals surface area contributed by atoms with Crippen LogP contribution in [0.15, 0.2) is 54.1 Å². The third-order valence-corrected chi connectivity index (χ3v) is 6.37. The van der Waals surface area contributed by atoms with Crippen LogP contribution < -0.4 is 4.74 Å². The molecule has 174 valence electrons. The molecule has 7 heteroatoms. The lowest BCUT2D eigenvalue weighted by Crippen LogP contribution is -2.42. The van der Waals surface area contributed by atoms with E-state index in [1.54, 1.807) is 36.3 Å². The number of carbonyl (C=O) groups is 2. The molecule has 1 atom stereocenters. The van der Waals surface area contributed by atoms with E-state index in [2.05, 4.69) is 11.8 Å². The minimum Gasteiger partial charge on any atom is -0.507 e. The lowest BCUT2D eigenvalue weighted by Gasteiger charge is -2.31. The number of aryl methyl sites for hydroxylation is 1. The second-order valence-electron chi connectivity index (χ2n) is 8.27. The van der Waals surface area contributed by atoms with Crippen LogP contribution in [-0.4, -0.2) is 73.1 Å². The lowest BCUT2D eigenvalue weighted by molar-refractivity contribution is -0.140. The first-order valence-electron chi connectivity index (χ1n) is 11.3. The number of rotatable bonds is 7. The number of aliphatic hydroxyl groups is 1. The number of nitrogens with zero attached hydrogens (tertiary/aromatic N) is 2. The van der Waals surface area contributed by atoms with E-state index in [1.807, 2.05) is 24.3 Å². The largest absolute Gasteiger partial charge is 0.507 e. The van der Waals surface area contributed by atoms with Crippen molar-refractivity contribution in [1.82, 2.24) is 9.80 Å². The molecular formula is C26H30N2O5. The highest BCUT2D eigenvalue weighted by atomic mass is 16.5. The number of ketones is 1. The number of ether oxygens (including phenoxy) is 2. The number of methoxy groups -OCH3 is 1. The zero-order valence-corrected chi connectivity index (χ0v) is 19.1. The van der Waals surface area contributed by atoms with Gasteiger partial charge in [-0.25, -0.2) is 0 Å². The smallest absolute Gasteiger partial charge is 0.295 e. The van der Waals surface area contributed by atoms with Gasteiger partial charge in [-0.3, -0.25) is 14.5 Å². The molecule has 1 N–H and O–H groups in total. The summed E-state index contributed by atoms with van der Waals surface area (Å²) in [5, 5.41) is 11.2. The fourth-order valence-electron chi connectivity index (χ4n) is 4.37. The van der Waals surface area contributed by atoms with Crippen LogP contribution in [-0.2, 0) is 20.7 Å². The van der Waals surface area contributed by atoms with Crippen molar-refractivity contribution in [3.63, 3.8) is 0 Å². The molecule has 7 nitrogen and oxygen atoms in total. The normalized spacial score (nSPS) is 20.9. The van der Waals surface area contributed by atoms with E-state index < -0.39 is 17.7 Å². The Morgan fingerprint density at radius 1 is 1.03 bits per heavy atom. The lowest BCUT2D eigenvalue weighted by atomic mass is 9.94. The van der Waals surface area contributed by atoms with E-state index in [9.17, 15) is 14.7 Å². The highest BCUT2D eigenvalue weighted by molar-refractivity contribution is 6.46. The second-order valence-corrected chi connectivity index (χ2v) is 8.27. The van der Waals surface area contributed by atoms with Crippen molar-refractivity contribution in [1.29, 1.82) is 0 Å². The maximum absolute atomic E-state index is 13.1. The molecule has 2 saturated heterocycles. The predicted octanol–water partition coefficient (Wildman–Crippen LogP) is 3.01. The van der Waals surface area contributed by atoms with Gasteiger partial charge in [-0.15, -0.1) is 0 Å². The molecule has 0 bridgehead atoms. The predicted molar refractivity (Wildman–Crippen MR) is 125 cm³/mol. The number of benzene rings is 2. The van der Waals surface area contributed by atoms with Crippen molar-refractivity contribution < 1.29 is 24.2 Å². The van der Waals surface area contributed by atoms with E-state index in [1.165, 1.54) is 5.56 Å². The Labute approximate surface area is 194 Å². The summed E-state index contributed by atoms with van der Waals surface area (Å²) < 4.78 is 10.6. The third-order valence-electron chi connectivity index (χ3n) is 6.37. The number of morpholine rings is 1. The first kappa shape index (κ1) is 23.0. The van der Waals surface area contributed by atoms with Crippen LogP contribution in [0, 0.1) is 0 Å². The molecule has 0 aromatic heterocycles. The van der Waals surface area contributed by atoms with Gasteiger partial charge in [0.25, 0.3) is 11.7 Å². The maximum atomic E-state index is 13.1. The quantitative estimate of drug-likeness (QED) is 0.397. The summed E-state index contributed by atoms with van der Waals surface area (Å²) in [5.41, 5.74) is 2.57. The molecule has 0 aliphatic carbocycles. The van der Waals surface area contributed by atoms with Crippen molar-refractivity contribution in [2.24, 2.45) is 0 Å². The van der Waals surface area contributed by atoms with E-state index in [-0.39, 0.29) is 11.3 Å². The summed E-state index contributed by atoms with van der Waals surface area (Å²) in [6, 6.07) is 14.1. The molecule has 2 aliphatic heterocycles. The van der Waals surface area contributed by atoms with Crippen molar-refractivity contribution in [3.8, 4) is 5.75 Å². The Bertz CT molecular complexity index is 1020. The van der Waals surface area contributed by atoms with Gasteiger partial charge in [-0.2, -0.15) is 0 Å². The molecule has 0 saturated carbocycles. The average Bonchev–Trinajstić information content (AvgIpc) is 3.12. The van der Waals surface area contributed by atoms with Gasteiger partial charge < -0.3 is 19.5 Å². The topological polar surface area (TPSA) is 79.3 Å². The fraction of sp³-hybridized carbons (Fsp3) is 0.385. The van der Waals surface area contributed by atoms with Crippen LogP contribution >= 0.6 is 0 Å². The summed E-state index contributed by atoms with van der Waals surface area (Å²) >= 11 is 0. The number of aliphatic hydroxyl groups excluding tert-OH is 1. The van der Waals surface area contributed by atoms with Crippen molar-refractivity contribution >= 4 is 17.4 Å². The third kappa shape index (κ3) is 4.79. The molecular weight excluding hydrogens is 420 g/mol. The zero-order valence-electron chi connectivity index (χ0n) is 19.1. The minimum absolute atomic E-state index is 0.122. The van der Waals surface area contributed by atoms with Crippen molar-refractivity contribution in [2.45, 2.75) is 19.4 Å². The SMILES string of the molecule is CCc1ccc(C2/C(=C(/O)c3ccc(OC)cc3)C(=O)C(=O)N2CCN2CCOCC2)cc1. The highest BCUT2D eigenvalue weighted by Crippen LogP contribution is 2.39. The number of carbonyl (C=O) groups excluding carboxylic acids is 2. The number of hydrogen-bond acceptors (Lipinski definition) is 6. The molecule has 2 heterocycles. The summed E-state index contributed by atoms with van der Waals surface area (Å²) in [4.78, 5) is 30.1. The number of Topliss-reactive ketones (excluding diaryl/α,β-unsaturated/α-hetero) is 1. The Hall–Kier alpha value is -3.16. The summed E-state index contributed by atoms with van der Waals surface area (Å²) in [5.74, 6) is -0.767. The molecule has 2 aromatic rings. The molecule has 4 rings (SSSR count). The fourth-order valence-corrected chi connectivity index (χ4v) is 4.37. The monoisotopic (exact) mass is 450 g/mol. The van der Waals surface area contributed by atoms with Crippen molar-refractivity contribution in [3.05, 3.63) is 70.8 Å². The van der Waals surface area contributed by atoms with Gasteiger partial charge in [0.05, 0.1) is 31.9 Å². The Morgan fingerprint density at radius 3 is 2.30 bits per heavy atom. The standard InChI is InChI=1S/C26H30N2O5/c1-3-18-4-6-19(7-5-18)23-22(24(29)20-8-10-21(32-2)11-9-20)25(30)26(31)28(23)13-12-27-14-16-33-17-15-27/h4-11,23,29H,3,12-17H2,1-2H3/b24-22-. The van der Waals surface area contributed by atoms with Crippen LogP contribution in [0.1, 0.15) is 29.7 Å². The molecule has 2 aliphatic rings. The summed E-state index contributed by atoms with van der Waals surface area (Å²) in [7, 11) is 1.56. The van der Waals surface area contributed by atoms with Crippen LogP contribution in [0.3, 0.4) is 0 Å². The number of hydrogen-bond donors (Lipinski definition) is 1. The van der Waals surface area contributed by atoms with Gasteiger partial charge in [0, 0.05) is 31.7 Å². The Morgan fingerprint density at radius 2 is 1.70 bits per heavy atom. The molecule has 33 heavy (non-hydrogen) atoms. The maximum Gasteiger partial charge on any atom is 0.295 e. The molecule has 2 fully saturated rings. The first-order chi connectivity index (χ1) is 16.0. The number of amides is 1. The van der Waals surface area contributed by atoms with Gasteiger partial charge in [-0.1, -0.05) is 31.2 Å². The van der Waals surface area contributed by atoms with Crippen LogP contribution in [0.5, 0.6) is 5.75 Å². The Kier molecular flexibility index (Phi) is 7.11. The first-order valence-corrected chi connectivity index (χ1v) is 11.3. The summed E-state index contributed by atoms with van der Waals surface area (Å²) in [6.07, 6.45) is 0.892. The van der Waals surface area contributed by atoms with Gasteiger partial charge in [-0.05, 0) is 41.8 Å². The number of likely N-dealkylation sites (tertiary alicyclic amines) is 1. The molecule has 1 amide bonds. The van der Waals surface area contributed by atoms with E-state index in [4.69, 9.17) is 9.47 Å². The molecule has 0 radical (unpaired) electrons. The van der Waals surface area contributed by atoms with Crippen LogP contribution in [0.4, 0.5) is 0 Å². The van der Waals surface area contributed by atoms with E-state index in [0.29, 0.717) is 37.6 Å². The molecule has 1 unspecified atom stereocenters. The molecule has 2 aromatic carbocycles. The summed E-state index contributed by atoms with van der Waals surface area (Å²) in [6.45, 7) is 6.04. The molecule has 0 spiro atoms. The van der Waals surface area contributed by atoms with Gasteiger partial charge >= 0.3 is 0 Å². The van der Waals surface area contributed by atoms with Crippen LogP contribution in [0.2, 0.25) is 0 Å². The minimum atomic E-state index is -0.658. The Balaban J connectivity index is 1.72. The second kappa shape index (κ2) is 10.2. The highest BCUT2D eigenvalue weighted by Gasteiger charge is 2.46. The van der Waals surface area contributed by atoms with Crippen molar-refractivity contribution in [2.75, 3.05) is 46.5 Å². The van der Waals surface area contributed by atoms with E-state index in [0.717, 1.165) is 25.1 Å². The average molecular weight is 451 g/mol. The zero-order chi connectivity index (χ0) is 23.4. The van der Waals surface area contributed by atoms with Gasteiger partial charge in [0.1, 0.15) is 11.5 Å². The van der Waals surface area contributed by atoms with Gasteiger partial charge in [0.15, 0.2) is 0 Å².